The summed E-state index contributed by atoms with van der Waals surface area (Å²) in [5.41, 5.74) is 9.61. The number of fused-ring (bicyclic) bond motifs is 4. The van der Waals surface area contributed by atoms with Gasteiger partial charge in [0.1, 0.15) is 5.82 Å². The van der Waals surface area contributed by atoms with Crippen molar-refractivity contribution in [1.29, 1.82) is 0 Å². The first-order chi connectivity index (χ1) is 26.9. The topological polar surface area (TPSA) is 69.6 Å². The van der Waals surface area contributed by atoms with Crippen LogP contribution in [0.5, 0.6) is 0 Å². The monoisotopic (exact) mass is 951 g/mol. The minimum Gasteiger partial charge on any atom is 0 e. The van der Waals surface area contributed by atoms with E-state index in [1.54, 1.807) is 24.4 Å². The zero-order chi connectivity index (χ0) is 39.3. The second-order valence-corrected chi connectivity index (χ2v) is 24.5. The van der Waals surface area contributed by atoms with Gasteiger partial charge in [0, 0.05) is 48.8 Å². The smallest absolute Gasteiger partial charge is 0 e. The van der Waals surface area contributed by atoms with Crippen molar-refractivity contribution in [3.8, 4) is 39.5 Å². The average molecular weight is 950 g/mol. The average Bonchev–Trinajstić information content (AvgIpc) is 3.76. The molecule has 0 bridgehead atoms. The summed E-state index contributed by atoms with van der Waals surface area (Å²) in [6, 6.07) is 36.1. The number of imidazole rings is 1. The van der Waals surface area contributed by atoms with E-state index < -0.39 is 13.3 Å². The summed E-state index contributed by atoms with van der Waals surface area (Å²) in [5.74, 6) is 7.35. The quantitative estimate of drug-likeness (QED) is 0.127. The second kappa shape index (κ2) is 15.2. The number of hydrogen-bond donors (Lipinski definition) is 0. The van der Waals surface area contributed by atoms with Crippen LogP contribution >= 0.6 is 0 Å². The molecule has 9 aromatic rings. The Labute approximate surface area is 334 Å². The Bertz CT molecular complexity index is 2880. The van der Waals surface area contributed by atoms with E-state index >= 15 is 0 Å². The molecule has 0 aliphatic rings. The van der Waals surface area contributed by atoms with E-state index in [1.165, 1.54) is 16.5 Å². The molecule has 0 fully saturated rings. The molecule has 9 rings (SSSR count). The van der Waals surface area contributed by atoms with Crippen molar-refractivity contribution in [3.05, 3.63) is 157 Å². The van der Waals surface area contributed by atoms with E-state index in [1.807, 2.05) is 62.5 Å². The molecule has 0 atom stereocenters. The van der Waals surface area contributed by atoms with Crippen molar-refractivity contribution < 1.29 is 33.0 Å². The number of aromatic nitrogens is 5. The van der Waals surface area contributed by atoms with E-state index in [9.17, 15) is 4.39 Å². The zero-order valence-electron chi connectivity index (χ0n) is 33.2. The van der Waals surface area contributed by atoms with Crippen LogP contribution in [0.3, 0.4) is 0 Å². The summed E-state index contributed by atoms with van der Waals surface area (Å²) in [6.07, 6.45) is 3.61. The standard InChI is InChI=1S/C31H20FN4O.C14H16GeN.Ir/c1-18-16-22(17-19(2)34-18)36-27-8-4-3-7-26(27)35-30(36)25-14-13-23(20-9-11-21(32)12-10-20)28-24-6-5-15-33-31(24)37-29(25)28;1-15(2,3)13-9-10-14(16-11-13)12-7-5-4-6-8-12;/h3-13,15-17H,1-2H3;4-7,9-11H,1-3H3;/q2*-1;/i;4D,5D,6D;. The van der Waals surface area contributed by atoms with Gasteiger partial charge >= 0.3 is 104 Å². The van der Waals surface area contributed by atoms with E-state index in [4.69, 9.17) is 13.5 Å². The van der Waals surface area contributed by atoms with E-state index in [0.29, 0.717) is 28.4 Å². The van der Waals surface area contributed by atoms with Crippen LogP contribution in [-0.4, -0.2) is 37.8 Å². The van der Waals surface area contributed by atoms with Crippen molar-refractivity contribution in [3.63, 3.8) is 0 Å². The summed E-state index contributed by atoms with van der Waals surface area (Å²) in [4.78, 5) is 18.5. The van der Waals surface area contributed by atoms with Gasteiger partial charge in [-0.2, -0.15) is 0 Å². The van der Waals surface area contributed by atoms with E-state index in [-0.39, 0.29) is 44.0 Å². The molecule has 269 valence electrons. The number of pyridine rings is 3. The van der Waals surface area contributed by atoms with Crippen LogP contribution in [0.4, 0.5) is 4.39 Å². The van der Waals surface area contributed by atoms with Crippen molar-refractivity contribution in [2.24, 2.45) is 0 Å². The molecule has 54 heavy (non-hydrogen) atoms. The first kappa shape index (κ1) is 33.3. The minimum absolute atomic E-state index is 0. The summed E-state index contributed by atoms with van der Waals surface area (Å²) in [7, 11) is 0. The number of nitrogens with zero attached hydrogens (tertiary/aromatic N) is 5. The molecule has 4 aromatic carbocycles. The summed E-state index contributed by atoms with van der Waals surface area (Å²) in [6.45, 7) is 3.98. The minimum atomic E-state index is -1.86. The fraction of sp³-hybridized carbons (Fsp3) is 0.111. The molecule has 5 heterocycles. The number of hydrogen-bond acceptors (Lipinski definition) is 5. The molecule has 5 aromatic heterocycles. The van der Waals surface area contributed by atoms with Gasteiger partial charge in [0.2, 0.25) is 5.71 Å². The SMILES string of the molecule is Cc1cc(-n2c(-c3[c-]cc(-c4ccc(F)cc4)c4c3oc3ncccc34)nc3ccccc32)cc(C)n1.[2H]c1[c-]c(-c2cc[c]([Ge]([CH3])([CH3])[CH3])cn2)cc([2H])c1[2H].[Ir]. The first-order valence-electron chi connectivity index (χ1n) is 18.7. The van der Waals surface area contributed by atoms with Crippen molar-refractivity contribution in [1.82, 2.24) is 24.5 Å². The number of halogens is 1. The summed E-state index contributed by atoms with van der Waals surface area (Å²) in [5, 5.41) is 1.77. The summed E-state index contributed by atoms with van der Waals surface area (Å²) >= 11 is -1.86. The van der Waals surface area contributed by atoms with Gasteiger partial charge in [0.15, 0.2) is 0 Å². The third-order valence-electron chi connectivity index (χ3n) is 9.04. The Morgan fingerprint density at radius 3 is 2.33 bits per heavy atom. The maximum atomic E-state index is 13.7. The normalized spacial score (nSPS) is 12.1. The number of benzene rings is 4. The van der Waals surface area contributed by atoms with Gasteiger partial charge in [-0.3, -0.25) is 9.97 Å². The molecule has 0 saturated carbocycles. The number of aryl methyl sites for hydroxylation is 2. The molecule has 0 spiro atoms. The predicted molar refractivity (Wildman–Crippen MR) is 215 cm³/mol. The molecular formula is C45H36FGeIrN5O-2. The van der Waals surface area contributed by atoms with Crippen molar-refractivity contribution >= 4 is 50.8 Å². The molecule has 0 saturated heterocycles. The van der Waals surface area contributed by atoms with Crippen LogP contribution in [0, 0.1) is 31.8 Å². The Kier molecular flexibility index (Phi) is 9.39. The van der Waals surface area contributed by atoms with Crippen LogP contribution in [-0.2, 0) is 20.1 Å². The van der Waals surface area contributed by atoms with Gasteiger partial charge < -0.3 is 8.98 Å². The molecular weight excluding hydrogens is 910 g/mol. The number of rotatable bonds is 5. The van der Waals surface area contributed by atoms with Gasteiger partial charge in [0.25, 0.3) is 0 Å². The number of para-hydroxylation sites is 2. The third kappa shape index (κ3) is 7.29. The number of furan rings is 1. The molecule has 0 amide bonds. The Morgan fingerprint density at radius 1 is 0.833 bits per heavy atom. The van der Waals surface area contributed by atoms with Crippen LogP contribution in [0.25, 0.3) is 72.6 Å². The van der Waals surface area contributed by atoms with E-state index in [0.717, 1.165) is 55.6 Å². The van der Waals surface area contributed by atoms with Gasteiger partial charge in [-0.1, -0.05) is 41.0 Å². The summed E-state index contributed by atoms with van der Waals surface area (Å²) < 4.78 is 46.3. The maximum absolute atomic E-state index is 13.7. The molecule has 0 aliphatic carbocycles. The van der Waals surface area contributed by atoms with Crippen molar-refractivity contribution in [2.45, 2.75) is 31.1 Å². The second-order valence-electron chi connectivity index (χ2n) is 13.9. The van der Waals surface area contributed by atoms with Crippen molar-refractivity contribution in [2.75, 3.05) is 0 Å². The van der Waals surface area contributed by atoms with Crippen LogP contribution in [0.1, 0.15) is 15.5 Å². The van der Waals surface area contributed by atoms with Crippen LogP contribution in [0.15, 0.2) is 132 Å². The molecule has 9 heteroatoms. The fourth-order valence-corrected chi connectivity index (χ4v) is 8.66. The Morgan fingerprint density at radius 2 is 1.61 bits per heavy atom. The molecule has 0 unspecified atom stereocenters. The molecule has 0 aliphatic heterocycles. The van der Waals surface area contributed by atoms with Gasteiger partial charge in [-0.05, 0) is 67.8 Å². The molecule has 0 N–H and O–H groups in total. The fourth-order valence-electron chi connectivity index (χ4n) is 6.49. The third-order valence-corrected chi connectivity index (χ3v) is 13.3. The van der Waals surface area contributed by atoms with Gasteiger partial charge in [-0.15, -0.1) is 12.1 Å². The Hall–Kier alpha value is -5.28. The first-order valence-corrected chi connectivity index (χ1v) is 24.6. The van der Waals surface area contributed by atoms with Gasteiger partial charge in [0.05, 0.1) is 22.4 Å². The van der Waals surface area contributed by atoms with Crippen LogP contribution in [0.2, 0.25) is 17.3 Å². The van der Waals surface area contributed by atoms with Gasteiger partial charge in [-0.25, -0.2) is 9.37 Å². The Balaban J connectivity index is 0.000000211. The molecule has 6 nitrogen and oxygen atoms in total. The largest absolute Gasteiger partial charge is 0 e. The van der Waals surface area contributed by atoms with Crippen LogP contribution < -0.4 is 4.40 Å². The predicted octanol–water partition coefficient (Wildman–Crippen LogP) is 10.7. The molecule has 1 radical (unpaired) electrons. The zero-order valence-corrected chi connectivity index (χ0v) is 34.7. The maximum Gasteiger partial charge on any atom is 0 e. The van der Waals surface area contributed by atoms with E-state index in [2.05, 4.69) is 73.2 Å².